The van der Waals surface area contributed by atoms with Crippen LogP contribution in [0.1, 0.15) is 11.1 Å². The van der Waals surface area contributed by atoms with Crippen LogP contribution in [0, 0.1) is 47.3 Å². The molecule has 25 heavy (non-hydrogen) atoms. The second-order valence-corrected chi connectivity index (χ2v) is 4.92. The molecule has 0 atom stereocenters. The molecule has 0 saturated carbocycles. The number of para-hydroxylation sites is 1. The molecular weight excluding hydrogens is 343 g/mol. The molecule has 2 aromatic carbocycles. The van der Waals surface area contributed by atoms with Crippen molar-refractivity contribution in [1.82, 2.24) is 0 Å². The number of halogens is 5. The third-order valence-electron chi connectivity index (χ3n) is 3.29. The summed E-state index contributed by atoms with van der Waals surface area (Å²) in [5, 5.41) is 11.3. The Labute approximate surface area is 139 Å². The van der Waals surface area contributed by atoms with E-state index in [0.29, 0.717) is 17.3 Å². The van der Waals surface area contributed by atoms with Crippen molar-refractivity contribution in [3.63, 3.8) is 0 Å². The van der Waals surface area contributed by atoms with Gasteiger partial charge in [0.1, 0.15) is 11.6 Å². The Morgan fingerprint density at radius 1 is 1.00 bits per heavy atom. The van der Waals surface area contributed by atoms with Gasteiger partial charge in [-0.2, -0.15) is 5.26 Å². The second-order valence-electron chi connectivity index (χ2n) is 4.92. The van der Waals surface area contributed by atoms with Crippen LogP contribution < -0.4 is 5.32 Å². The number of amides is 1. The van der Waals surface area contributed by atoms with Crippen LogP contribution in [0.15, 0.2) is 29.8 Å². The fraction of sp³-hybridized carbons (Fsp3) is 0.0588. The molecule has 2 aromatic rings. The van der Waals surface area contributed by atoms with Gasteiger partial charge in [-0.1, -0.05) is 18.2 Å². The molecule has 0 bridgehead atoms. The van der Waals surface area contributed by atoms with Gasteiger partial charge in [-0.3, -0.25) is 4.79 Å². The van der Waals surface area contributed by atoms with E-state index < -0.39 is 46.1 Å². The zero-order valence-corrected chi connectivity index (χ0v) is 12.6. The molecule has 1 N–H and O–H groups in total. The number of hydrogen-bond donors (Lipinski definition) is 1. The van der Waals surface area contributed by atoms with Crippen LogP contribution in [0.3, 0.4) is 0 Å². The number of rotatable bonds is 3. The lowest BCUT2D eigenvalue weighted by molar-refractivity contribution is -0.112. The largest absolute Gasteiger partial charge is 0.321 e. The highest BCUT2D eigenvalue weighted by atomic mass is 19.2. The monoisotopic (exact) mass is 352 g/mol. The molecule has 0 aliphatic heterocycles. The van der Waals surface area contributed by atoms with Gasteiger partial charge in [-0.25, -0.2) is 22.0 Å². The Hall–Kier alpha value is -3.21. The van der Waals surface area contributed by atoms with Crippen LogP contribution in [0.4, 0.5) is 27.6 Å². The Morgan fingerprint density at radius 2 is 1.52 bits per heavy atom. The summed E-state index contributed by atoms with van der Waals surface area (Å²) in [6, 6.07) is 7.85. The van der Waals surface area contributed by atoms with E-state index in [0.717, 1.165) is 0 Å². The Kier molecular flexibility index (Phi) is 5.17. The van der Waals surface area contributed by atoms with Gasteiger partial charge in [0, 0.05) is 5.69 Å². The summed E-state index contributed by atoms with van der Waals surface area (Å²) >= 11 is 0. The maximum Gasteiger partial charge on any atom is 0.266 e. The van der Waals surface area contributed by atoms with Gasteiger partial charge in [-0.05, 0) is 24.6 Å². The van der Waals surface area contributed by atoms with Crippen LogP contribution in [-0.2, 0) is 4.79 Å². The molecule has 0 aliphatic rings. The van der Waals surface area contributed by atoms with Crippen molar-refractivity contribution in [3.05, 3.63) is 70.1 Å². The number of nitrogens with zero attached hydrogens (tertiary/aromatic N) is 1. The number of carbonyl (C=O) groups is 1. The predicted molar refractivity (Wildman–Crippen MR) is 79.6 cm³/mol. The summed E-state index contributed by atoms with van der Waals surface area (Å²) in [4.78, 5) is 12.1. The average Bonchev–Trinajstić information content (AvgIpc) is 2.60. The van der Waals surface area contributed by atoms with Crippen molar-refractivity contribution in [1.29, 1.82) is 5.26 Å². The Bertz CT molecular complexity index is 902. The first-order chi connectivity index (χ1) is 11.8. The van der Waals surface area contributed by atoms with E-state index in [4.69, 9.17) is 5.26 Å². The molecule has 0 unspecified atom stereocenters. The third kappa shape index (κ3) is 3.50. The Morgan fingerprint density at radius 3 is 2.04 bits per heavy atom. The maximum absolute atomic E-state index is 13.6. The molecule has 0 aliphatic carbocycles. The Balaban J connectivity index is 2.47. The van der Waals surface area contributed by atoms with Crippen LogP contribution in [-0.4, -0.2) is 5.91 Å². The lowest BCUT2D eigenvalue weighted by Crippen LogP contribution is -2.15. The molecule has 0 spiro atoms. The standard InChI is InChI=1S/C17H9F5N2O/c1-8-4-2-3-5-11(8)24-17(25)9(7-23)6-10-12(18)14(20)16(22)15(21)13(10)19/h2-6H,1H3,(H,24,25)/b9-6+. The number of nitrogens with one attached hydrogen (secondary N) is 1. The molecule has 0 saturated heterocycles. The van der Waals surface area contributed by atoms with Crippen molar-refractivity contribution in [2.75, 3.05) is 5.32 Å². The van der Waals surface area contributed by atoms with Crippen molar-refractivity contribution >= 4 is 17.7 Å². The molecule has 1 amide bonds. The fourth-order valence-corrected chi connectivity index (χ4v) is 1.94. The smallest absolute Gasteiger partial charge is 0.266 e. The van der Waals surface area contributed by atoms with E-state index in [1.807, 2.05) is 0 Å². The summed E-state index contributed by atoms with van der Waals surface area (Å²) in [5.41, 5.74) is -1.23. The van der Waals surface area contributed by atoms with Crippen molar-refractivity contribution in [3.8, 4) is 6.07 Å². The molecule has 0 radical (unpaired) electrons. The number of aryl methyl sites for hydroxylation is 1. The second kappa shape index (κ2) is 7.13. The molecule has 3 nitrogen and oxygen atoms in total. The lowest BCUT2D eigenvalue weighted by Gasteiger charge is -2.08. The third-order valence-corrected chi connectivity index (χ3v) is 3.29. The first kappa shape index (κ1) is 18.1. The van der Waals surface area contributed by atoms with Gasteiger partial charge in [-0.15, -0.1) is 0 Å². The van der Waals surface area contributed by atoms with Gasteiger partial charge in [0.05, 0.1) is 5.56 Å². The SMILES string of the molecule is Cc1ccccc1NC(=O)/C(C#N)=C/c1c(F)c(F)c(F)c(F)c1F. The van der Waals surface area contributed by atoms with E-state index >= 15 is 0 Å². The molecule has 0 fully saturated rings. The zero-order chi connectivity index (χ0) is 18.7. The summed E-state index contributed by atoms with van der Waals surface area (Å²) in [7, 11) is 0. The summed E-state index contributed by atoms with van der Waals surface area (Å²) in [6.45, 7) is 1.66. The van der Waals surface area contributed by atoms with Gasteiger partial charge in [0.2, 0.25) is 5.82 Å². The number of anilines is 1. The fourth-order valence-electron chi connectivity index (χ4n) is 1.94. The molecule has 128 valence electrons. The van der Waals surface area contributed by atoms with Gasteiger partial charge in [0.15, 0.2) is 23.3 Å². The van der Waals surface area contributed by atoms with E-state index in [-0.39, 0.29) is 0 Å². The van der Waals surface area contributed by atoms with Crippen molar-refractivity contribution in [2.24, 2.45) is 0 Å². The van der Waals surface area contributed by atoms with Crippen molar-refractivity contribution in [2.45, 2.75) is 6.92 Å². The number of nitriles is 1. The number of carbonyl (C=O) groups excluding carboxylic acids is 1. The van der Waals surface area contributed by atoms with Gasteiger partial charge in [0.25, 0.3) is 5.91 Å². The summed E-state index contributed by atoms with van der Waals surface area (Å²) in [5.74, 6) is -12.0. The normalized spacial score (nSPS) is 11.2. The van der Waals surface area contributed by atoms with Crippen molar-refractivity contribution < 1.29 is 26.7 Å². The molecule has 2 rings (SSSR count). The highest BCUT2D eigenvalue weighted by molar-refractivity contribution is 6.10. The van der Waals surface area contributed by atoms with Crippen LogP contribution in [0.2, 0.25) is 0 Å². The van der Waals surface area contributed by atoms with Crippen LogP contribution >= 0.6 is 0 Å². The number of hydrogen-bond acceptors (Lipinski definition) is 2. The maximum atomic E-state index is 13.6. The molecule has 8 heteroatoms. The number of benzene rings is 2. The summed E-state index contributed by atoms with van der Waals surface area (Å²) in [6.07, 6.45) is 0.309. The highest BCUT2D eigenvalue weighted by Crippen LogP contribution is 2.25. The van der Waals surface area contributed by atoms with Crippen LogP contribution in [0.5, 0.6) is 0 Å². The average molecular weight is 352 g/mol. The first-order valence-electron chi connectivity index (χ1n) is 6.78. The lowest BCUT2D eigenvalue weighted by atomic mass is 10.1. The molecular formula is C17H9F5N2O. The van der Waals surface area contributed by atoms with Gasteiger partial charge < -0.3 is 5.32 Å². The predicted octanol–water partition coefficient (Wildman–Crippen LogP) is 4.24. The van der Waals surface area contributed by atoms with E-state index in [9.17, 15) is 26.7 Å². The van der Waals surface area contributed by atoms with E-state index in [1.54, 1.807) is 25.1 Å². The van der Waals surface area contributed by atoms with E-state index in [2.05, 4.69) is 5.32 Å². The quantitative estimate of drug-likeness (QED) is 0.295. The summed E-state index contributed by atoms with van der Waals surface area (Å²) < 4.78 is 66.7. The minimum absolute atomic E-state index is 0.309. The topological polar surface area (TPSA) is 52.9 Å². The van der Waals surface area contributed by atoms with Crippen LogP contribution in [0.25, 0.3) is 6.08 Å². The van der Waals surface area contributed by atoms with E-state index in [1.165, 1.54) is 12.1 Å². The molecule has 0 aromatic heterocycles. The minimum atomic E-state index is -2.32. The highest BCUT2D eigenvalue weighted by Gasteiger charge is 2.25. The zero-order valence-electron chi connectivity index (χ0n) is 12.6. The first-order valence-corrected chi connectivity index (χ1v) is 6.78. The van der Waals surface area contributed by atoms with Gasteiger partial charge >= 0.3 is 0 Å². The molecule has 0 heterocycles. The minimum Gasteiger partial charge on any atom is -0.321 e.